The maximum atomic E-state index is 13.0. The summed E-state index contributed by atoms with van der Waals surface area (Å²) < 4.78 is 27.7. The molecule has 0 unspecified atom stereocenters. The van der Waals surface area contributed by atoms with E-state index in [1.165, 1.54) is 39.0 Å². The summed E-state index contributed by atoms with van der Waals surface area (Å²) in [5.74, 6) is -0.251. The monoisotopic (exact) mass is 386 g/mol. The van der Waals surface area contributed by atoms with Crippen LogP contribution in [0, 0.1) is 6.92 Å². The summed E-state index contributed by atoms with van der Waals surface area (Å²) >= 11 is 1.03. The van der Waals surface area contributed by atoms with Gasteiger partial charge in [-0.25, -0.2) is 13.4 Å². The first kappa shape index (κ1) is 18.8. The summed E-state index contributed by atoms with van der Waals surface area (Å²) in [5, 5.41) is 2.91. The summed E-state index contributed by atoms with van der Waals surface area (Å²) in [7, 11) is -3.55. The zero-order valence-electron chi connectivity index (χ0n) is 14.8. The molecule has 0 spiro atoms. The third kappa shape index (κ3) is 4.21. The number of hydrogen-bond donors (Lipinski definition) is 1. The highest BCUT2D eigenvalue weighted by Gasteiger charge is 2.34. The number of piperazine rings is 1. The van der Waals surface area contributed by atoms with Crippen LogP contribution in [0.25, 0.3) is 0 Å². The number of nitrogens with zero attached hydrogens (tertiary/aromatic N) is 3. The molecule has 0 aromatic carbocycles. The van der Waals surface area contributed by atoms with Crippen LogP contribution >= 0.6 is 11.3 Å². The van der Waals surface area contributed by atoms with E-state index in [4.69, 9.17) is 0 Å². The van der Waals surface area contributed by atoms with Gasteiger partial charge in [0.1, 0.15) is 0 Å². The number of carbonyl (C=O) groups excluding carboxylic acids is 1. The summed E-state index contributed by atoms with van der Waals surface area (Å²) in [6.07, 6.45) is 6.37. The van der Waals surface area contributed by atoms with Crippen molar-refractivity contribution in [2.45, 2.75) is 56.2 Å². The Balaban J connectivity index is 1.67. The molecule has 2 heterocycles. The minimum absolute atomic E-state index is 0.238. The summed E-state index contributed by atoms with van der Waals surface area (Å²) in [6.45, 7) is 5.68. The number of sulfonamides is 1. The molecule has 1 aliphatic carbocycles. The van der Waals surface area contributed by atoms with Crippen LogP contribution in [0.5, 0.6) is 0 Å². The fourth-order valence-corrected chi connectivity index (χ4v) is 6.72. The van der Waals surface area contributed by atoms with Crippen molar-refractivity contribution >= 4 is 32.4 Å². The molecule has 0 radical (unpaired) electrons. The van der Waals surface area contributed by atoms with Gasteiger partial charge in [0.15, 0.2) is 9.34 Å². The van der Waals surface area contributed by atoms with Gasteiger partial charge in [-0.1, -0.05) is 30.6 Å². The zero-order valence-corrected chi connectivity index (χ0v) is 16.5. The van der Waals surface area contributed by atoms with Crippen LogP contribution in [0.1, 0.15) is 44.7 Å². The quantitative estimate of drug-likeness (QED) is 0.856. The van der Waals surface area contributed by atoms with Crippen LogP contribution in [-0.2, 0) is 14.8 Å². The van der Waals surface area contributed by atoms with E-state index in [1.54, 1.807) is 11.2 Å². The van der Waals surface area contributed by atoms with Crippen molar-refractivity contribution in [3.05, 3.63) is 5.69 Å². The molecule has 1 aromatic rings. The molecule has 25 heavy (non-hydrogen) atoms. The van der Waals surface area contributed by atoms with E-state index in [9.17, 15) is 13.2 Å². The van der Waals surface area contributed by atoms with Gasteiger partial charge in [0.2, 0.25) is 5.91 Å². The number of thiazole rings is 1. The lowest BCUT2D eigenvalue weighted by atomic mass is 9.94. The number of aromatic nitrogens is 1. The third-order valence-electron chi connectivity index (χ3n) is 4.98. The fourth-order valence-electron chi connectivity index (χ4n) is 3.70. The Morgan fingerprint density at radius 3 is 2.40 bits per heavy atom. The minimum atomic E-state index is -3.55. The van der Waals surface area contributed by atoms with E-state index in [1.807, 2.05) is 0 Å². The molecule has 1 saturated carbocycles. The Morgan fingerprint density at radius 2 is 1.80 bits per heavy atom. The third-order valence-corrected chi connectivity index (χ3v) is 8.53. The van der Waals surface area contributed by atoms with Gasteiger partial charge in [-0.2, -0.15) is 4.31 Å². The van der Waals surface area contributed by atoms with Crippen LogP contribution in [0.3, 0.4) is 0 Å². The molecule has 3 rings (SSSR count). The Kier molecular flexibility index (Phi) is 5.77. The fraction of sp³-hybridized carbons (Fsp3) is 0.750. The normalized spacial score (nSPS) is 21.4. The van der Waals surface area contributed by atoms with Crippen LogP contribution in [0.15, 0.2) is 4.21 Å². The molecule has 140 valence electrons. The Hall–Kier alpha value is -1.03. The van der Waals surface area contributed by atoms with Gasteiger partial charge in [-0.3, -0.25) is 9.69 Å². The van der Waals surface area contributed by atoms with Gasteiger partial charge >= 0.3 is 0 Å². The van der Waals surface area contributed by atoms with Crippen LogP contribution in [-0.4, -0.2) is 60.7 Å². The summed E-state index contributed by atoms with van der Waals surface area (Å²) in [6, 6.07) is 0.620. The average molecular weight is 387 g/mol. The minimum Gasteiger partial charge on any atom is -0.302 e. The number of rotatable bonds is 4. The summed E-state index contributed by atoms with van der Waals surface area (Å²) in [5.41, 5.74) is 0.448. The Bertz CT molecular complexity index is 718. The van der Waals surface area contributed by atoms with Crippen molar-refractivity contribution in [2.24, 2.45) is 0 Å². The standard InChI is InChI=1S/C16H26N4O3S2/c1-12-15(24-16(17-12)18-13(2)21)25(22,23)20-10-8-19(9-11-20)14-6-4-3-5-7-14/h14H,3-11H2,1-2H3,(H,17,18,21). The molecule has 1 aliphatic heterocycles. The molecule has 2 aliphatic rings. The topological polar surface area (TPSA) is 82.6 Å². The van der Waals surface area contributed by atoms with Crippen molar-refractivity contribution in [2.75, 3.05) is 31.5 Å². The highest BCUT2D eigenvalue weighted by molar-refractivity contribution is 7.91. The highest BCUT2D eigenvalue weighted by Crippen LogP contribution is 2.31. The van der Waals surface area contributed by atoms with Gasteiger partial charge in [-0.05, 0) is 19.8 Å². The van der Waals surface area contributed by atoms with E-state index in [-0.39, 0.29) is 10.1 Å². The van der Waals surface area contributed by atoms with Gasteiger partial charge in [-0.15, -0.1) is 0 Å². The number of amides is 1. The predicted octanol–water partition coefficient (Wildman–Crippen LogP) is 2.05. The first-order valence-electron chi connectivity index (χ1n) is 8.87. The van der Waals surface area contributed by atoms with Crippen LogP contribution < -0.4 is 5.32 Å². The molecule has 1 N–H and O–H groups in total. The van der Waals surface area contributed by atoms with E-state index in [0.717, 1.165) is 24.4 Å². The smallest absolute Gasteiger partial charge is 0.254 e. The second kappa shape index (κ2) is 7.69. The Morgan fingerprint density at radius 1 is 1.16 bits per heavy atom. The number of anilines is 1. The second-order valence-corrected chi connectivity index (χ2v) is 9.94. The number of hydrogen-bond acceptors (Lipinski definition) is 6. The maximum absolute atomic E-state index is 13.0. The van der Waals surface area contributed by atoms with Gasteiger partial charge in [0.25, 0.3) is 10.0 Å². The van der Waals surface area contributed by atoms with Crippen molar-refractivity contribution in [1.82, 2.24) is 14.2 Å². The van der Waals surface area contributed by atoms with E-state index in [0.29, 0.717) is 30.0 Å². The van der Waals surface area contributed by atoms with Crippen molar-refractivity contribution in [1.29, 1.82) is 0 Å². The first-order valence-corrected chi connectivity index (χ1v) is 11.1. The molecule has 0 bridgehead atoms. The first-order chi connectivity index (χ1) is 11.9. The lowest BCUT2D eigenvalue weighted by molar-refractivity contribution is -0.114. The van der Waals surface area contributed by atoms with Crippen LogP contribution in [0.2, 0.25) is 0 Å². The molecule has 1 saturated heterocycles. The maximum Gasteiger partial charge on any atom is 0.254 e. The van der Waals surface area contributed by atoms with Crippen molar-refractivity contribution < 1.29 is 13.2 Å². The molecule has 1 aromatic heterocycles. The molecule has 1 amide bonds. The molecular weight excluding hydrogens is 360 g/mol. The largest absolute Gasteiger partial charge is 0.302 e. The summed E-state index contributed by atoms with van der Waals surface area (Å²) in [4.78, 5) is 17.8. The van der Waals surface area contributed by atoms with E-state index in [2.05, 4.69) is 15.2 Å². The molecule has 2 fully saturated rings. The molecule has 9 heteroatoms. The van der Waals surface area contributed by atoms with Gasteiger partial charge in [0, 0.05) is 39.1 Å². The van der Waals surface area contributed by atoms with E-state index >= 15 is 0 Å². The van der Waals surface area contributed by atoms with Crippen molar-refractivity contribution in [3.63, 3.8) is 0 Å². The SMILES string of the molecule is CC(=O)Nc1nc(C)c(S(=O)(=O)N2CCN(C3CCCCC3)CC2)s1. The highest BCUT2D eigenvalue weighted by atomic mass is 32.2. The van der Waals surface area contributed by atoms with E-state index < -0.39 is 10.0 Å². The Labute approximate surface area is 153 Å². The predicted molar refractivity (Wildman–Crippen MR) is 98.4 cm³/mol. The van der Waals surface area contributed by atoms with Gasteiger partial charge in [0.05, 0.1) is 5.69 Å². The van der Waals surface area contributed by atoms with Crippen LogP contribution in [0.4, 0.5) is 5.13 Å². The molecular formula is C16H26N4O3S2. The molecule has 0 atom stereocenters. The van der Waals surface area contributed by atoms with Crippen molar-refractivity contribution in [3.8, 4) is 0 Å². The lowest BCUT2D eigenvalue weighted by Gasteiger charge is -2.40. The molecule has 7 nitrogen and oxygen atoms in total. The number of nitrogens with one attached hydrogen (secondary N) is 1. The number of carbonyl (C=O) groups is 1. The lowest BCUT2D eigenvalue weighted by Crippen LogP contribution is -2.52. The average Bonchev–Trinajstić information content (AvgIpc) is 2.96. The second-order valence-electron chi connectivity index (χ2n) is 6.80. The zero-order chi connectivity index (χ0) is 18.0. The number of aryl methyl sites for hydroxylation is 1. The van der Waals surface area contributed by atoms with Gasteiger partial charge < -0.3 is 5.32 Å².